The minimum Gasteiger partial charge on any atom is -0.438 e. The molecule has 0 aromatic heterocycles. The Hall–Kier alpha value is -2.82. The molecular formula is C29H37BN2O4. The van der Waals surface area contributed by atoms with Crippen molar-refractivity contribution in [1.29, 1.82) is 5.26 Å². The van der Waals surface area contributed by atoms with Crippen LogP contribution in [-0.4, -0.2) is 35.9 Å². The maximum Gasteiger partial charge on any atom is 0.494 e. The summed E-state index contributed by atoms with van der Waals surface area (Å²) in [5.74, 6) is 0. The molecule has 0 unspecified atom stereocenters. The van der Waals surface area contributed by atoms with Crippen LogP contribution in [-0.2, 0) is 19.6 Å². The fraction of sp³-hybridized carbons (Fsp3) is 0.517. The minimum atomic E-state index is -0.825. The van der Waals surface area contributed by atoms with E-state index in [2.05, 4.69) is 6.07 Å². The van der Waals surface area contributed by atoms with Gasteiger partial charge in [0.1, 0.15) is 5.60 Å². The van der Waals surface area contributed by atoms with Crippen molar-refractivity contribution >= 4 is 18.7 Å². The maximum absolute atomic E-state index is 13.4. The first-order valence-electron chi connectivity index (χ1n) is 12.7. The summed E-state index contributed by atoms with van der Waals surface area (Å²) in [6.07, 6.45) is 0.697. The summed E-state index contributed by atoms with van der Waals surface area (Å²) in [5, 5.41) is 9.68. The van der Waals surface area contributed by atoms with Crippen LogP contribution in [0, 0.1) is 16.7 Å². The van der Waals surface area contributed by atoms with E-state index in [4.69, 9.17) is 14.0 Å². The number of amides is 1. The molecule has 2 aliphatic rings. The van der Waals surface area contributed by atoms with Crippen LogP contribution in [0.2, 0.25) is 0 Å². The van der Waals surface area contributed by atoms with E-state index in [9.17, 15) is 10.1 Å². The number of hydrogen-bond donors (Lipinski definition) is 0. The van der Waals surface area contributed by atoms with Gasteiger partial charge in [-0.25, -0.2) is 4.79 Å². The summed E-state index contributed by atoms with van der Waals surface area (Å²) in [6, 6.07) is 20.1. The van der Waals surface area contributed by atoms with Crippen LogP contribution < -0.4 is 5.46 Å². The van der Waals surface area contributed by atoms with Gasteiger partial charge in [0.2, 0.25) is 0 Å². The van der Waals surface area contributed by atoms with Crippen LogP contribution in [0.25, 0.3) is 0 Å². The predicted octanol–water partition coefficient (Wildman–Crippen LogP) is 5.72. The number of rotatable bonds is 6. The molecule has 6 nitrogen and oxygen atoms in total. The maximum atomic E-state index is 13.4. The molecule has 0 spiro atoms. The van der Waals surface area contributed by atoms with Crippen molar-refractivity contribution in [3.05, 3.63) is 65.7 Å². The molecule has 2 heterocycles. The first kappa shape index (κ1) is 26.3. The average molecular weight is 488 g/mol. The zero-order valence-electron chi connectivity index (χ0n) is 22.5. The van der Waals surface area contributed by atoms with Crippen molar-refractivity contribution in [2.75, 3.05) is 6.54 Å². The van der Waals surface area contributed by atoms with Crippen LogP contribution in [0.5, 0.6) is 0 Å². The normalized spacial score (nSPS) is 24.2. The Morgan fingerprint density at radius 2 is 1.61 bits per heavy atom. The summed E-state index contributed by atoms with van der Waals surface area (Å²) >= 11 is 0. The first-order chi connectivity index (χ1) is 16.8. The molecule has 1 amide bonds. The molecule has 0 radical (unpaired) electrons. The smallest absolute Gasteiger partial charge is 0.438 e. The molecule has 0 aliphatic carbocycles. The number of benzene rings is 2. The summed E-state index contributed by atoms with van der Waals surface area (Å²) in [4.78, 5) is 15.1. The Bertz CT molecular complexity index is 1120. The largest absolute Gasteiger partial charge is 0.494 e. The Morgan fingerprint density at radius 1 is 1.03 bits per heavy atom. The van der Waals surface area contributed by atoms with Gasteiger partial charge in [0, 0.05) is 19.4 Å². The lowest BCUT2D eigenvalue weighted by molar-refractivity contribution is -0.0770. The van der Waals surface area contributed by atoms with Crippen molar-refractivity contribution in [2.45, 2.75) is 84.2 Å². The van der Waals surface area contributed by atoms with Crippen LogP contribution in [0.15, 0.2) is 54.6 Å². The third-order valence-corrected chi connectivity index (χ3v) is 8.02. The molecule has 2 atom stereocenters. The van der Waals surface area contributed by atoms with Crippen molar-refractivity contribution in [2.24, 2.45) is 5.41 Å². The minimum absolute atomic E-state index is 0.164. The second kappa shape index (κ2) is 9.25. The number of nitriles is 1. The first-order valence-corrected chi connectivity index (χ1v) is 12.7. The highest BCUT2D eigenvalue weighted by molar-refractivity contribution is 6.62. The molecule has 2 aromatic rings. The van der Waals surface area contributed by atoms with E-state index in [1.165, 1.54) is 0 Å². The fourth-order valence-corrected chi connectivity index (χ4v) is 5.04. The Labute approximate surface area is 215 Å². The molecule has 2 aromatic carbocycles. The highest BCUT2D eigenvalue weighted by Gasteiger charge is 2.52. The average Bonchev–Trinajstić information content (AvgIpc) is 3.06. The van der Waals surface area contributed by atoms with E-state index >= 15 is 0 Å². The standard InChI is InChI=1S/C29H37BN2O4/c1-21(22-13-15-24(16-14-22)30-35-27(4,5)28(6,7)36-30)32-18-17-29(34-25(32)33,19-26(2,3)20-31)23-11-9-8-10-12-23/h8-16,21H,17-19H2,1-7H3/t21-,29+/m0/s1. The molecule has 0 saturated carbocycles. The summed E-state index contributed by atoms with van der Waals surface area (Å²) < 4.78 is 18.5. The number of carbonyl (C=O) groups excluding carboxylic acids is 1. The lowest BCUT2D eigenvalue weighted by Crippen LogP contribution is -2.50. The third kappa shape index (κ3) is 4.90. The molecule has 0 N–H and O–H groups in total. The van der Waals surface area contributed by atoms with Gasteiger partial charge < -0.3 is 18.9 Å². The van der Waals surface area contributed by atoms with E-state index in [0.717, 1.165) is 16.6 Å². The molecular weight excluding hydrogens is 451 g/mol. The summed E-state index contributed by atoms with van der Waals surface area (Å²) in [5.41, 5.74) is 0.644. The van der Waals surface area contributed by atoms with Gasteiger partial charge in [0.05, 0.1) is 28.7 Å². The van der Waals surface area contributed by atoms with Gasteiger partial charge >= 0.3 is 13.2 Å². The number of ether oxygens (including phenoxy) is 1. The lowest BCUT2D eigenvalue weighted by atomic mass is 9.75. The van der Waals surface area contributed by atoms with E-state index in [1.54, 1.807) is 4.90 Å². The van der Waals surface area contributed by atoms with Gasteiger partial charge in [0.25, 0.3) is 0 Å². The number of carbonyl (C=O) groups is 1. The highest BCUT2D eigenvalue weighted by atomic mass is 16.7. The number of cyclic esters (lactones) is 1. The topological polar surface area (TPSA) is 71.8 Å². The van der Waals surface area contributed by atoms with E-state index in [-0.39, 0.29) is 12.1 Å². The van der Waals surface area contributed by atoms with Gasteiger partial charge in [-0.1, -0.05) is 54.6 Å². The zero-order chi connectivity index (χ0) is 26.4. The second-order valence-corrected chi connectivity index (χ2v) is 11.8. The molecule has 7 heteroatoms. The van der Waals surface area contributed by atoms with Gasteiger partial charge in [0.15, 0.2) is 0 Å². The van der Waals surface area contributed by atoms with Crippen LogP contribution in [0.4, 0.5) is 4.79 Å². The van der Waals surface area contributed by atoms with Crippen LogP contribution >= 0.6 is 0 Å². The van der Waals surface area contributed by atoms with E-state index in [0.29, 0.717) is 19.4 Å². The second-order valence-electron chi connectivity index (χ2n) is 11.8. The van der Waals surface area contributed by atoms with E-state index in [1.807, 2.05) is 103 Å². The van der Waals surface area contributed by atoms with Crippen LogP contribution in [0.3, 0.4) is 0 Å². The number of hydrogen-bond acceptors (Lipinski definition) is 5. The predicted molar refractivity (Wildman–Crippen MR) is 141 cm³/mol. The van der Waals surface area contributed by atoms with Gasteiger partial charge in [-0.2, -0.15) is 5.26 Å². The highest BCUT2D eigenvalue weighted by Crippen LogP contribution is 2.44. The number of nitrogens with zero attached hydrogens (tertiary/aromatic N) is 2. The van der Waals surface area contributed by atoms with Gasteiger partial charge in [-0.05, 0) is 65.1 Å². The summed E-state index contributed by atoms with van der Waals surface area (Å²) in [7, 11) is -0.422. The molecule has 0 bridgehead atoms. The van der Waals surface area contributed by atoms with Crippen molar-refractivity contribution in [1.82, 2.24) is 4.90 Å². The molecule has 2 fully saturated rings. The van der Waals surface area contributed by atoms with Crippen molar-refractivity contribution in [3.63, 3.8) is 0 Å². The summed E-state index contributed by atoms with van der Waals surface area (Å²) in [6.45, 7) is 14.5. The molecule has 190 valence electrons. The Kier molecular flexibility index (Phi) is 6.74. The molecule has 2 saturated heterocycles. The quantitative estimate of drug-likeness (QED) is 0.486. The third-order valence-electron chi connectivity index (χ3n) is 8.02. The Morgan fingerprint density at radius 3 is 2.14 bits per heavy atom. The zero-order valence-corrected chi connectivity index (χ0v) is 22.5. The Balaban J connectivity index is 1.51. The van der Waals surface area contributed by atoms with Crippen molar-refractivity contribution in [3.8, 4) is 6.07 Å². The fourth-order valence-electron chi connectivity index (χ4n) is 5.04. The molecule has 2 aliphatic heterocycles. The lowest BCUT2D eigenvalue weighted by Gasteiger charge is -2.45. The van der Waals surface area contributed by atoms with Crippen LogP contribution in [0.1, 0.15) is 78.5 Å². The SMILES string of the molecule is C[C@@H](c1ccc(B2OC(C)(C)C(C)(C)O2)cc1)N1CC[C@@](CC(C)(C)C#N)(c2ccccc2)OC1=O. The van der Waals surface area contributed by atoms with Crippen molar-refractivity contribution < 1.29 is 18.8 Å². The molecule has 4 rings (SSSR count). The van der Waals surface area contributed by atoms with E-state index < -0.39 is 29.3 Å². The van der Waals surface area contributed by atoms with Gasteiger partial charge in [-0.15, -0.1) is 0 Å². The molecule has 36 heavy (non-hydrogen) atoms. The monoisotopic (exact) mass is 488 g/mol. The van der Waals surface area contributed by atoms with Gasteiger partial charge in [-0.3, -0.25) is 0 Å².